The topological polar surface area (TPSA) is 68.7 Å². The van der Waals surface area contributed by atoms with Gasteiger partial charge in [-0.1, -0.05) is 6.07 Å². The number of hydrogen-bond acceptors (Lipinski definition) is 5. The van der Waals surface area contributed by atoms with E-state index in [1.807, 2.05) is 19.2 Å². The van der Waals surface area contributed by atoms with Gasteiger partial charge in [-0.25, -0.2) is 9.78 Å². The van der Waals surface area contributed by atoms with E-state index in [0.717, 1.165) is 10.7 Å². The molecular weight excluding hydrogens is 278 g/mol. The lowest BCUT2D eigenvalue weighted by Crippen LogP contribution is -2.06. The lowest BCUT2D eigenvalue weighted by Gasteiger charge is -2.13. The standard InChI is InChI=1S/C14H15NO4S/c1-3-18-11-6-4-5-10(14(16)17)13(11)19-7-12-15-9(2)8-20-12/h4-6,8H,3,7H2,1-2H3,(H,16,17). The Hall–Kier alpha value is -2.08. The van der Waals surface area contributed by atoms with E-state index < -0.39 is 5.97 Å². The van der Waals surface area contributed by atoms with Gasteiger partial charge in [0.15, 0.2) is 11.5 Å². The highest BCUT2D eigenvalue weighted by atomic mass is 32.1. The summed E-state index contributed by atoms with van der Waals surface area (Å²) in [4.78, 5) is 15.5. The largest absolute Gasteiger partial charge is 0.490 e. The molecule has 1 N–H and O–H groups in total. The first-order valence-corrected chi connectivity index (χ1v) is 7.02. The summed E-state index contributed by atoms with van der Waals surface area (Å²) in [6.07, 6.45) is 0. The van der Waals surface area contributed by atoms with Gasteiger partial charge in [-0.3, -0.25) is 0 Å². The van der Waals surface area contributed by atoms with Crippen molar-refractivity contribution >= 4 is 17.3 Å². The average Bonchev–Trinajstić information content (AvgIpc) is 2.83. The zero-order chi connectivity index (χ0) is 14.5. The monoisotopic (exact) mass is 293 g/mol. The summed E-state index contributed by atoms with van der Waals surface area (Å²) >= 11 is 1.48. The van der Waals surface area contributed by atoms with Crippen LogP contribution in [0.4, 0.5) is 0 Å². The van der Waals surface area contributed by atoms with Crippen LogP contribution in [-0.2, 0) is 6.61 Å². The fourth-order valence-corrected chi connectivity index (χ4v) is 2.39. The van der Waals surface area contributed by atoms with Crippen LogP contribution in [0.5, 0.6) is 11.5 Å². The summed E-state index contributed by atoms with van der Waals surface area (Å²) in [6.45, 7) is 4.40. The van der Waals surface area contributed by atoms with Crippen LogP contribution in [0.1, 0.15) is 28.0 Å². The van der Waals surface area contributed by atoms with Crippen LogP contribution in [0.25, 0.3) is 0 Å². The molecule has 0 saturated heterocycles. The Kier molecular flexibility index (Phi) is 4.57. The fraction of sp³-hybridized carbons (Fsp3) is 0.286. The van der Waals surface area contributed by atoms with Gasteiger partial charge in [0.2, 0.25) is 0 Å². The first-order chi connectivity index (χ1) is 9.61. The molecule has 0 bridgehead atoms. The maximum atomic E-state index is 11.2. The summed E-state index contributed by atoms with van der Waals surface area (Å²) in [5, 5.41) is 11.9. The van der Waals surface area contributed by atoms with Crippen LogP contribution in [0, 0.1) is 6.92 Å². The van der Waals surface area contributed by atoms with Gasteiger partial charge < -0.3 is 14.6 Å². The third-order valence-electron chi connectivity index (χ3n) is 2.52. The number of carboxylic acid groups (broad SMARTS) is 1. The minimum absolute atomic E-state index is 0.0872. The van der Waals surface area contributed by atoms with Crippen LogP contribution >= 0.6 is 11.3 Å². The van der Waals surface area contributed by atoms with Crippen LogP contribution < -0.4 is 9.47 Å². The molecule has 0 fully saturated rings. The maximum Gasteiger partial charge on any atom is 0.339 e. The first-order valence-electron chi connectivity index (χ1n) is 6.14. The molecule has 1 aromatic heterocycles. The molecule has 0 atom stereocenters. The van der Waals surface area contributed by atoms with Crippen molar-refractivity contribution in [2.75, 3.05) is 6.61 Å². The zero-order valence-corrected chi connectivity index (χ0v) is 12.1. The number of hydrogen-bond donors (Lipinski definition) is 1. The van der Waals surface area contributed by atoms with E-state index in [9.17, 15) is 9.90 Å². The molecule has 2 rings (SSSR count). The predicted molar refractivity (Wildman–Crippen MR) is 75.8 cm³/mol. The highest BCUT2D eigenvalue weighted by molar-refractivity contribution is 7.09. The molecular formula is C14H15NO4S. The van der Waals surface area contributed by atoms with E-state index >= 15 is 0 Å². The summed E-state index contributed by atoms with van der Waals surface area (Å²) in [7, 11) is 0. The summed E-state index contributed by atoms with van der Waals surface area (Å²) in [6, 6.07) is 4.82. The van der Waals surface area contributed by atoms with Gasteiger partial charge in [0.1, 0.15) is 17.2 Å². The molecule has 0 aliphatic heterocycles. The van der Waals surface area contributed by atoms with Crippen molar-refractivity contribution < 1.29 is 19.4 Å². The Labute approximate surface area is 120 Å². The number of nitrogens with zero attached hydrogens (tertiary/aromatic N) is 1. The number of rotatable bonds is 6. The first kappa shape index (κ1) is 14.3. The predicted octanol–water partition coefficient (Wildman–Crippen LogP) is 3.13. The van der Waals surface area contributed by atoms with Crippen molar-refractivity contribution in [3.63, 3.8) is 0 Å². The van der Waals surface area contributed by atoms with E-state index in [0.29, 0.717) is 12.4 Å². The molecule has 0 spiro atoms. The number of ether oxygens (including phenoxy) is 2. The van der Waals surface area contributed by atoms with E-state index in [1.165, 1.54) is 17.4 Å². The van der Waals surface area contributed by atoms with Crippen LogP contribution in [-0.4, -0.2) is 22.7 Å². The second-order valence-corrected chi connectivity index (χ2v) is 4.98. The molecule has 1 aromatic carbocycles. The molecule has 5 nitrogen and oxygen atoms in total. The SMILES string of the molecule is CCOc1cccc(C(=O)O)c1OCc1nc(C)cs1. The number of benzene rings is 1. The highest BCUT2D eigenvalue weighted by Crippen LogP contribution is 2.32. The van der Waals surface area contributed by atoms with Gasteiger partial charge >= 0.3 is 5.97 Å². The zero-order valence-electron chi connectivity index (χ0n) is 11.3. The molecule has 0 aliphatic carbocycles. The third kappa shape index (κ3) is 3.27. The van der Waals surface area contributed by atoms with Gasteiger partial charge in [0.05, 0.1) is 6.61 Å². The smallest absolute Gasteiger partial charge is 0.339 e. The molecule has 2 aromatic rings. The maximum absolute atomic E-state index is 11.2. The normalized spacial score (nSPS) is 10.3. The van der Waals surface area contributed by atoms with Gasteiger partial charge in [0, 0.05) is 11.1 Å². The lowest BCUT2D eigenvalue weighted by molar-refractivity contribution is 0.0690. The molecule has 0 amide bonds. The molecule has 106 valence electrons. The molecule has 1 heterocycles. The minimum atomic E-state index is -1.04. The van der Waals surface area contributed by atoms with Crippen molar-refractivity contribution in [3.05, 3.63) is 39.8 Å². The minimum Gasteiger partial charge on any atom is -0.490 e. The molecule has 0 unspecified atom stereocenters. The quantitative estimate of drug-likeness (QED) is 0.886. The number of thiazole rings is 1. The van der Waals surface area contributed by atoms with Crippen molar-refractivity contribution in [2.24, 2.45) is 0 Å². The molecule has 20 heavy (non-hydrogen) atoms. The Morgan fingerprint density at radius 2 is 2.20 bits per heavy atom. The Bertz CT molecular complexity index is 609. The number of carbonyl (C=O) groups is 1. The average molecular weight is 293 g/mol. The number of aromatic carboxylic acids is 1. The molecule has 0 aliphatic rings. The number of para-hydroxylation sites is 1. The number of aryl methyl sites for hydroxylation is 1. The van der Waals surface area contributed by atoms with E-state index in [4.69, 9.17) is 9.47 Å². The summed E-state index contributed by atoms with van der Waals surface area (Å²) < 4.78 is 11.0. The summed E-state index contributed by atoms with van der Waals surface area (Å²) in [5.74, 6) is -0.368. The van der Waals surface area contributed by atoms with E-state index in [2.05, 4.69) is 4.98 Å². The van der Waals surface area contributed by atoms with Crippen molar-refractivity contribution in [2.45, 2.75) is 20.5 Å². The number of carboxylic acids is 1. The van der Waals surface area contributed by atoms with Gasteiger partial charge in [-0.2, -0.15) is 0 Å². The van der Waals surface area contributed by atoms with Crippen LogP contribution in [0.15, 0.2) is 23.6 Å². The van der Waals surface area contributed by atoms with Crippen molar-refractivity contribution in [1.82, 2.24) is 4.98 Å². The van der Waals surface area contributed by atoms with E-state index in [1.54, 1.807) is 12.1 Å². The van der Waals surface area contributed by atoms with E-state index in [-0.39, 0.29) is 17.9 Å². The Morgan fingerprint density at radius 1 is 1.40 bits per heavy atom. The van der Waals surface area contributed by atoms with Crippen molar-refractivity contribution in [1.29, 1.82) is 0 Å². The fourth-order valence-electron chi connectivity index (χ4n) is 1.71. The lowest BCUT2D eigenvalue weighted by atomic mass is 10.2. The second-order valence-electron chi connectivity index (χ2n) is 4.04. The third-order valence-corrected chi connectivity index (χ3v) is 3.46. The van der Waals surface area contributed by atoms with Gasteiger partial charge in [-0.15, -0.1) is 11.3 Å². The Balaban J connectivity index is 2.25. The molecule has 6 heteroatoms. The number of aromatic nitrogens is 1. The highest BCUT2D eigenvalue weighted by Gasteiger charge is 2.17. The van der Waals surface area contributed by atoms with Gasteiger partial charge in [-0.05, 0) is 26.0 Å². The molecule has 0 saturated carbocycles. The van der Waals surface area contributed by atoms with Crippen molar-refractivity contribution in [3.8, 4) is 11.5 Å². The van der Waals surface area contributed by atoms with Crippen LogP contribution in [0.2, 0.25) is 0 Å². The second kappa shape index (κ2) is 6.38. The molecule has 0 radical (unpaired) electrons. The Morgan fingerprint density at radius 3 is 2.80 bits per heavy atom. The van der Waals surface area contributed by atoms with Crippen LogP contribution in [0.3, 0.4) is 0 Å². The van der Waals surface area contributed by atoms with Gasteiger partial charge in [0.25, 0.3) is 0 Å². The summed E-state index contributed by atoms with van der Waals surface area (Å²) in [5.41, 5.74) is 1.01.